The van der Waals surface area contributed by atoms with Gasteiger partial charge in [0.15, 0.2) is 0 Å². The Labute approximate surface area is 123 Å². The molecule has 1 aliphatic rings. The van der Waals surface area contributed by atoms with Crippen molar-refractivity contribution in [3.8, 4) is 0 Å². The third kappa shape index (κ3) is 2.37. The fraction of sp³-hybridized carbons (Fsp3) is 0.286. The molecule has 20 heavy (non-hydrogen) atoms. The Morgan fingerprint density at radius 3 is 2.80 bits per heavy atom. The van der Waals surface area contributed by atoms with E-state index in [-0.39, 0.29) is 10.9 Å². The van der Waals surface area contributed by atoms with E-state index in [0.717, 1.165) is 12.8 Å². The summed E-state index contributed by atoms with van der Waals surface area (Å²) in [5, 5.41) is 0.417. The summed E-state index contributed by atoms with van der Waals surface area (Å²) in [5.74, 6) is 0.688. The molecular formula is C14H14ClNO3S. The number of rotatable bonds is 3. The summed E-state index contributed by atoms with van der Waals surface area (Å²) < 4.78 is 32.3. The van der Waals surface area contributed by atoms with E-state index in [4.69, 9.17) is 16.0 Å². The number of benzene rings is 1. The summed E-state index contributed by atoms with van der Waals surface area (Å²) in [5.41, 5.74) is 0. The average Bonchev–Trinajstić information content (AvgIpc) is 3.09. The highest BCUT2D eigenvalue weighted by molar-refractivity contribution is 7.89. The summed E-state index contributed by atoms with van der Waals surface area (Å²) in [6.07, 6.45) is 3.16. The maximum absolute atomic E-state index is 12.7. The SMILES string of the molecule is O=S(=O)(c1cccc(Cl)c1)N1CCC[C@H]1c1ccco1. The smallest absolute Gasteiger partial charge is 0.243 e. The van der Waals surface area contributed by atoms with Crippen molar-refractivity contribution in [2.75, 3.05) is 6.54 Å². The third-order valence-electron chi connectivity index (χ3n) is 3.48. The third-order valence-corrected chi connectivity index (χ3v) is 5.62. The first-order chi connectivity index (χ1) is 9.59. The van der Waals surface area contributed by atoms with Gasteiger partial charge in [-0.3, -0.25) is 0 Å². The van der Waals surface area contributed by atoms with Crippen molar-refractivity contribution in [3.63, 3.8) is 0 Å². The molecule has 1 aromatic carbocycles. The van der Waals surface area contributed by atoms with Gasteiger partial charge >= 0.3 is 0 Å². The Morgan fingerprint density at radius 2 is 2.10 bits per heavy atom. The zero-order chi connectivity index (χ0) is 14.2. The number of sulfonamides is 1. The Hall–Kier alpha value is -1.30. The Balaban J connectivity index is 1.98. The summed E-state index contributed by atoms with van der Waals surface area (Å²) in [7, 11) is -3.55. The average molecular weight is 312 g/mol. The molecule has 1 saturated heterocycles. The minimum atomic E-state index is -3.55. The molecule has 1 aliphatic heterocycles. The van der Waals surface area contributed by atoms with E-state index >= 15 is 0 Å². The molecule has 0 amide bonds. The van der Waals surface area contributed by atoms with Crippen LogP contribution in [0.3, 0.4) is 0 Å². The van der Waals surface area contributed by atoms with Gasteiger partial charge in [0.1, 0.15) is 5.76 Å². The maximum Gasteiger partial charge on any atom is 0.243 e. The molecule has 1 aromatic heterocycles. The van der Waals surface area contributed by atoms with Crippen molar-refractivity contribution in [3.05, 3.63) is 53.4 Å². The van der Waals surface area contributed by atoms with Crippen LogP contribution < -0.4 is 0 Å². The van der Waals surface area contributed by atoms with E-state index in [2.05, 4.69) is 0 Å². The molecule has 2 aromatic rings. The topological polar surface area (TPSA) is 50.5 Å². The summed E-state index contributed by atoms with van der Waals surface area (Å²) in [4.78, 5) is 0.225. The molecule has 106 valence electrons. The predicted octanol–water partition coefficient (Wildman–Crippen LogP) is 3.46. The zero-order valence-electron chi connectivity index (χ0n) is 10.7. The zero-order valence-corrected chi connectivity index (χ0v) is 12.3. The van der Waals surface area contributed by atoms with Crippen molar-refractivity contribution in [2.45, 2.75) is 23.8 Å². The van der Waals surface area contributed by atoms with Crippen molar-refractivity contribution in [2.24, 2.45) is 0 Å². The van der Waals surface area contributed by atoms with Gasteiger partial charge in [-0.1, -0.05) is 17.7 Å². The monoisotopic (exact) mass is 311 g/mol. The van der Waals surface area contributed by atoms with E-state index in [9.17, 15) is 8.42 Å². The van der Waals surface area contributed by atoms with Crippen molar-refractivity contribution < 1.29 is 12.8 Å². The molecule has 0 N–H and O–H groups in total. The number of halogens is 1. The standard InChI is InChI=1S/C14H14ClNO3S/c15-11-4-1-5-12(10-11)20(17,18)16-8-2-6-13(16)14-7-3-9-19-14/h1,3-5,7,9-10,13H,2,6,8H2/t13-/m0/s1. The maximum atomic E-state index is 12.7. The van der Waals surface area contributed by atoms with E-state index in [1.807, 2.05) is 6.07 Å². The molecule has 1 fully saturated rings. The molecular weight excluding hydrogens is 298 g/mol. The second-order valence-corrected chi connectivity index (χ2v) is 7.07. The highest BCUT2D eigenvalue weighted by Gasteiger charge is 2.37. The van der Waals surface area contributed by atoms with Crippen molar-refractivity contribution in [1.82, 2.24) is 4.31 Å². The number of hydrogen-bond donors (Lipinski definition) is 0. The van der Waals surface area contributed by atoms with E-state index < -0.39 is 10.0 Å². The van der Waals surface area contributed by atoms with Crippen LogP contribution in [0.4, 0.5) is 0 Å². The molecule has 0 spiro atoms. The van der Waals surface area contributed by atoms with Gasteiger partial charge in [-0.2, -0.15) is 4.31 Å². The van der Waals surface area contributed by atoms with Crippen LogP contribution in [0.5, 0.6) is 0 Å². The fourth-order valence-corrected chi connectivity index (χ4v) is 4.52. The largest absolute Gasteiger partial charge is 0.468 e. The van der Waals surface area contributed by atoms with Crippen LogP contribution in [0.1, 0.15) is 24.6 Å². The van der Waals surface area contributed by atoms with Gasteiger partial charge in [-0.05, 0) is 43.2 Å². The number of nitrogens with zero attached hydrogens (tertiary/aromatic N) is 1. The Kier molecular flexibility index (Phi) is 3.58. The van der Waals surface area contributed by atoms with Crippen LogP contribution >= 0.6 is 11.6 Å². The van der Waals surface area contributed by atoms with Crippen LogP contribution in [-0.2, 0) is 10.0 Å². The lowest BCUT2D eigenvalue weighted by Gasteiger charge is -2.22. The predicted molar refractivity (Wildman–Crippen MR) is 76.0 cm³/mol. The molecule has 1 atom stereocenters. The lowest BCUT2D eigenvalue weighted by molar-refractivity contribution is 0.340. The molecule has 0 unspecified atom stereocenters. The Morgan fingerprint density at radius 1 is 1.25 bits per heavy atom. The molecule has 0 saturated carbocycles. The molecule has 3 rings (SSSR count). The first-order valence-electron chi connectivity index (χ1n) is 6.40. The van der Waals surface area contributed by atoms with E-state index in [0.29, 0.717) is 17.3 Å². The van der Waals surface area contributed by atoms with Crippen molar-refractivity contribution in [1.29, 1.82) is 0 Å². The van der Waals surface area contributed by atoms with Crippen LogP contribution in [0.2, 0.25) is 5.02 Å². The first-order valence-corrected chi connectivity index (χ1v) is 8.21. The van der Waals surface area contributed by atoms with Crippen LogP contribution in [0.25, 0.3) is 0 Å². The summed E-state index contributed by atoms with van der Waals surface area (Å²) in [6.45, 7) is 0.500. The van der Waals surface area contributed by atoms with Crippen LogP contribution in [0, 0.1) is 0 Å². The molecule has 0 bridgehead atoms. The van der Waals surface area contributed by atoms with Crippen LogP contribution in [0.15, 0.2) is 52.0 Å². The highest BCUT2D eigenvalue weighted by atomic mass is 35.5. The minimum Gasteiger partial charge on any atom is -0.468 e. The van der Waals surface area contributed by atoms with Gasteiger partial charge in [-0.15, -0.1) is 0 Å². The molecule has 6 heteroatoms. The Bertz CT molecular complexity index is 697. The fourth-order valence-electron chi connectivity index (χ4n) is 2.56. The number of hydrogen-bond acceptors (Lipinski definition) is 3. The van der Waals surface area contributed by atoms with E-state index in [1.165, 1.54) is 10.4 Å². The van der Waals surface area contributed by atoms with Crippen LogP contribution in [-0.4, -0.2) is 19.3 Å². The summed E-state index contributed by atoms with van der Waals surface area (Å²) in [6, 6.07) is 9.72. The molecule has 2 heterocycles. The second-order valence-electron chi connectivity index (χ2n) is 4.75. The number of furan rings is 1. The van der Waals surface area contributed by atoms with Gasteiger partial charge in [0.05, 0.1) is 17.2 Å². The highest BCUT2D eigenvalue weighted by Crippen LogP contribution is 2.36. The molecule has 0 aliphatic carbocycles. The van der Waals surface area contributed by atoms with Gasteiger partial charge in [-0.25, -0.2) is 8.42 Å². The van der Waals surface area contributed by atoms with Crippen molar-refractivity contribution >= 4 is 21.6 Å². The van der Waals surface area contributed by atoms with Gasteiger partial charge in [0.2, 0.25) is 10.0 Å². The van der Waals surface area contributed by atoms with Gasteiger partial charge in [0.25, 0.3) is 0 Å². The normalized spacial score (nSPS) is 20.4. The van der Waals surface area contributed by atoms with Gasteiger partial charge < -0.3 is 4.42 Å². The lowest BCUT2D eigenvalue weighted by Crippen LogP contribution is -2.30. The first kappa shape index (κ1) is 13.7. The minimum absolute atomic E-state index is 0.225. The second kappa shape index (κ2) is 5.24. The summed E-state index contributed by atoms with van der Waals surface area (Å²) >= 11 is 5.89. The quantitative estimate of drug-likeness (QED) is 0.872. The molecule has 0 radical (unpaired) electrons. The van der Waals surface area contributed by atoms with Gasteiger partial charge in [0, 0.05) is 11.6 Å². The van der Waals surface area contributed by atoms with E-state index in [1.54, 1.807) is 30.5 Å². The molecule has 4 nitrogen and oxygen atoms in total. The lowest BCUT2D eigenvalue weighted by atomic mass is 10.2.